The Morgan fingerprint density at radius 1 is 0.878 bits per heavy atom. The summed E-state index contributed by atoms with van der Waals surface area (Å²) in [7, 11) is 0. The smallest absolute Gasteiger partial charge is 0.337 e. The van der Waals surface area contributed by atoms with Crippen molar-refractivity contribution in [1.29, 1.82) is 0 Å². The number of amides is 1. The molecule has 2 atom stereocenters. The lowest BCUT2D eigenvalue weighted by Crippen LogP contribution is -2.46. The molecule has 5 heterocycles. The van der Waals surface area contributed by atoms with E-state index in [-0.39, 0.29) is 70.2 Å². The number of ether oxygens (including phenoxy) is 4. The van der Waals surface area contributed by atoms with Crippen molar-refractivity contribution in [2.75, 3.05) is 56.0 Å². The molecule has 10 nitrogen and oxygen atoms in total. The Morgan fingerprint density at radius 3 is 2.22 bits per heavy atom. The number of carboxylic acids is 1. The van der Waals surface area contributed by atoms with E-state index in [1.165, 1.54) is 4.90 Å². The van der Waals surface area contributed by atoms with Crippen LogP contribution in [0.2, 0.25) is 10.0 Å². The molecule has 2 bridgehead atoms. The average molecular weight is 713 g/mol. The van der Waals surface area contributed by atoms with Crippen LogP contribution in [0, 0.1) is 5.82 Å². The number of nitrogens with zero attached hydrogens (tertiary/aromatic N) is 3. The van der Waals surface area contributed by atoms with Gasteiger partial charge in [0.1, 0.15) is 17.7 Å². The van der Waals surface area contributed by atoms with Gasteiger partial charge in [0.2, 0.25) is 0 Å². The molecule has 49 heavy (non-hydrogen) atoms. The van der Waals surface area contributed by atoms with Crippen LogP contribution in [-0.4, -0.2) is 92.4 Å². The third-order valence-corrected chi connectivity index (χ3v) is 10.9. The lowest BCUT2D eigenvalue weighted by atomic mass is 9.96. The fourth-order valence-corrected chi connectivity index (χ4v) is 8.35. The molecule has 4 fully saturated rings. The quantitative estimate of drug-likeness (QED) is 0.305. The SMILES string of the molecule is O=C(O)c1cc(F)c(-c2cccc3c2OCN(C(=O)c2c(Cl)cc(N4CCC(OC5COC5)CC4)cc2Cl)C3)cc1N1C2CCC1COC2. The topological polar surface area (TPSA) is 101 Å². The summed E-state index contributed by atoms with van der Waals surface area (Å²) in [5, 5.41) is 10.5. The summed E-state index contributed by atoms with van der Waals surface area (Å²) < 4.78 is 38.9. The van der Waals surface area contributed by atoms with Crippen LogP contribution in [0.5, 0.6) is 5.75 Å². The molecule has 5 aliphatic rings. The summed E-state index contributed by atoms with van der Waals surface area (Å²) in [6.45, 7) is 3.96. The van der Waals surface area contributed by atoms with E-state index in [4.69, 9.17) is 42.1 Å². The molecule has 3 aromatic carbocycles. The van der Waals surface area contributed by atoms with Gasteiger partial charge in [-0.1, -0.05) is 41.4 Å². The van der Waals surface area contributed by atoms with E-state index >= 15 is 4.39 Å². The Hall–Kier alpha value is -3.61. The van der Waals surface area contributed by atoms with E-state index in [2.05, 4.69) is 9.80 Å². The number of benzene rings is 3. The summed E-state index contributed by atoms with van der Waals surface area (Å²) in [5.41, 5.74) is 2.82. The van der Waals surface area contributed by atoms with Gasteiger partial charge in [0.15, 0.2) is 6.73 Å². The van der Waals surface area contributed by atoms with E-state index in [0.717, 1.165) is 50.5 Å². The van der Waals surface area contributed by atoms with E-state index in [9.17, 15) is 14.7 Å². The van der Waals surface area contributed by atoms with Gasteiger partial charge in [0.25, 0.3) is 5.91 Å². The molecule has 2 unspecified atom stereocenters. The second-order valence-electron chi connectivity index (χ2n) is 13.3. The minimum absolute atomic E-state index is 0.0303. The predicted octanol–water partition coefficient (Wildman–Crippen LogP) is 6.24. The van der Waals surface area contributed by atoms with Gasteiger partial charge in [0.05, 0.1) is 78.0 Å². The van der Waals surface area contributed by atoms with Crippen LogP contribution in [0.25, 0.3) is 11.1 Å². The molecule has 1 amide bonds. The van der Waals surface area contributed by atoms with Gasteiger partial charge in [-0.05, 0) is 49.9 Å². The number of morpholine rings is 1. The van der Waals surface area contributed by atoms with Crippen molar-refractivity contribution in [3.63, 3.8) is 0 Å². The van der Waals surface area contributed by atoms with Crippen molar-refractivity contribution < 1.29 is 38.0 Å². The van der Waals surface area contributed by atoms with E-state index in [1.807, 2.05) is 6.07 Å². The van der Waals surface area contributed by atoms with Crippen LogP contribution in [-0.2, 0) is 20.8 Å². The van der Waals surface area contributed by atoms with E-state index in [0.29, 0.717) is 49.0 Å². The lowest BCUT2D eigenvalue weighted by Gasteiger charge is -2.37. The molecular weight excluding hydrogens is 676 g/mol. The first-order valence-electron chi connectivity index (χ1n) is 16.7. The predicted molar refractivity (Wildman–Crippen MR) is 182 cm³/mol. The molecule has 1 N–H and O–H groups in total. The monoisotopic (exact) mass is 711 g/mol. The highest BCUT2D eigenvalue weighted by Gasteiger charge is 2.40. The fourth-order valence-electron chi connectivity index (χ4n) is 7.71. The van der Waals surface area contributed by atoms with Gasteiger partial charge >= 0.3 is 5.97 Å². The Labute approximate surface area is 293 Å². The van der Waals surface area contributed by atoms with Gasteiger partial charge in [-0.15, -0.1) is 0 Å². The van der Waals surface area contributed by atoms with Gasteiger partial charge in [-0.3, -0.25) is 4.79 Å². The van der Waals surface area contributed by atoms with Crippen molar-refractivity contribution in [1.82, 2.24) is 4.90 Å². The minimum Gasteiger partial charge on any atom is -0.478 e. The first-order chi connectivity index (χ1) is 23.7. The molecule has 0 saturated carbocycles. The number of aromatic carboxylic acids is 1. The molecule has 0 aliphatic carbocycles. The first kappa shape index (κ1) is 32.6. The normalized spacial score (nSPS) is 22.5. The number of piperidine rings is 1. The number of rotatable bonds is 7. The molecule has 258 valence electrons. The highest BCUT2D eigenvalue weighted by molar-refractivity contribution is 6.40. The highest BCUT2D eigenvalue weighted by Crippen LogP contribution is 2.43. The Balaban J connectivity index is 1.02. The number of carbonyl (C=O) groups is 2. The maximum absolute atomic E-state index is 15.7. The van der Waals surface area contributed by atoms with Gasteiger partial charge < -0.3 is 38.8 Å². The summed E-state index contributed by atoms with van der Waals surface area (Å²) in [4.78, 5) is 31.8. The fraction of sp³-hybridized carbons (Fsp3) is 0.444. The zero-order valence-corrected chi connectivity index (χ0v) is 28.2. The molecule has 3 aromatic rings. The van der Waals surface area contributed by atoms with Crippen molar-refractivity contribution in [3.8, 4) is 16.9 Å². The largest absolute Gasteiger partial charge is 0.478 e. The van der Waals surface area contributed by atoms with Crippen molar-refractivity contribution in [3.05, 3.63) is 75.0 Å². The Morgan fingerprint density at radius 2 is 1.57 bits per heavy atom. The zero-order valence-electron chi connectivity index (χ0n) is 26.7. The molecule has 4 saturated heterocycles. The van der Waals surface area contributed by atoms with Crippen LogP contribution in [0.4, 0.5) is 15.8 Å². The summed E-state index contributed by atoms with van der Waals surface area (Å²) in [5.74, 6) is -1.80. The maximum Gasteiger partial charge on any atom is 0.337 e. The van der Waals surface area contributed by atoms with Crippen molar-refractivity contribution in [2.24, 2.45) is 0 Å². The molecular formula is C36H36Cl2FN3O7. The molecule has 0 aromatic heterocycles. The first-order valence-corrected chi connectivity index (χ1v) is 17.4. The second kappa shape index (κ2) is 13.3. The number of carbonyl (C=O) groups excluding carboxylic acids is 1. The maximum atomic E-state index is 15.7. The highest BCUT2D eigenvalue weighted by atomic mass is 35.5. The van der Waals surface area contributed by atoms with Crippen LogP contribution < -0.4 is 14.5 Å². The van der Waals surface area contributed by atoms with Crippen molar-refractivity contribution in [2.45, 2.75) is 56.5 Å². The van der Waals surface area contributed by atoms with Crippen LogP contribution in [0.15, 0.2) is 42.5 Å². The Bertz CT molecular complexity index is 1760. The van der Waals surface area contributed by atoms with Crippen LogP contribution in [0.1, 0.15) is 52.0 Å². The summed E-state index contributed by atoms with van der Waals surface area (Å²) in [6, 6.07) is 11.7. The number of anilines is 2. The standard InChI is InChI=1S/C36H36Cl2FN3O7/c37-29-10-23(40-8-6-24(7-9-40)49-25-17-47-18-25)11-30(38)33(29)35(43)41-14-20-2-1-3-26(34(20)48-19-41)27-13-32(28(36(44)45)12-31(27)39)42-21-4-5-22(42)16-46-15-21/h1-3,10-13,21-22,24-25H,4-9,14-19H2,(H,44,45). The lowest BCUT2D eigenvalue weighted by molar-refractivity contribution is -0.157. The molecule has 0 radical (unpaired) electrons. The van der Waals surface area contributed by atoms with E-state index < -0.39 is 11.8 Å². The van der Waals surface area contributed by atoms with Crippen molar-refractivity contribution >= 4 is 46.5 Å². The van der Waals surface area contributed by atoms with Gasteiger partial charge in [-0.25, -0.2) is 9.18 Å². The molecule has 8 rings (SSSR count). The van der Waals surface area contributed by atoms with Gasteiger partial charge in [0, 0.05) is 35.5 Å². The summed E-state index contributed by atoms with van der Waals surface area (Å²) >= 11 is 13.4. The summed E-state index contributed by atoms with van der Waals surface area (Å²) in [6.07, 6.45) is 3.90. The number of hydrogen-bond acceptors (Lipinski definition) is 8. The number of carboxylic acid groups (broad SMARTS) is 1. The number of fused-ring (bicyclic) bond motifs is 3. The number of halogens is 3. The molecule has 13 heteroatoms. The van der Waals surface area contributed by atoms with Crippen LogP contribution >= 0.6 is 23.2 Å². The Kier molecular flexibility index (Phi) is 8.82. The average Bonchev–Trinajstić information content (AvgIpc) is 3.32. The van der Waals surface area contributed by atoms with E-state index in [1.54, 1.807) is 30.3 Å². The minimum atomic E-state index is -1.19. The zero-order chi connectivity index (χ0) is 33.8. The number of hydrogen-bond donors (Lipinski definition) is 1. The third-order valence-electron chi connectivity index (χ3n) is 10.3. The number of para-hydroxylation sites is 1. The van der Waals surface area contributed by atoms with Crippen LogP contribution in [0.3, 0.4) is 0 Å². The second-order valence-corrected chi connectivity index (χ2v) is 14.1. The molecule has 5 aliphatic heterocycles. The van der Waals surface area contributed by atoms with Gasteiger partial charge in [-0.2, -0.15) is 0 Å². The molecule has 0 spiro atoms. The third kappa shape index (κ3) is 6.10.